The third kappa shape index (κ3) is 1.86. The molecule has 1 aliphatic heterocycles. The lowest BCUT2D eigenvalue weighted by molar-refractivity contribution is 0.357. The summed E-state index contributed by atoms with van der Waals surface area (Å²) in [4.78, 5) is 0. The van der Waals surface area contributed by atoms with Gasteiger partial charge in [0.05, 0.1) is 6.61 Å². The minimum atomic E-state index is 0.0541. The van der Waals surface area contributed by atoms with Gasteiger partial charge in [-0.05, 0) is 23.6 Å². The van der Waals surface area contributed by atoms with Crippen LogP contribution in [0.15, 0.2) is 18.2 Å². The van der Waals surface area contributed by atoms with E-state index in [4.69, 9.17) is 22.1 Å². The predicted molar refractivity (Wildman–Crippen MR) is 57.9 cm³/mol. The molecule has 3 heteroatoms. The number of halogens is 1. The van der Waals surface area contributed by atoms with Crippen LogP contribution in [0.3, 0.4) is 0 Å². The zero-order valence-corrected chi connectivity index (χ0v) is 8.76. The Morgan fingerprint density at radius 3 is 3.14 bits per heavy atom. The number of nitrogens with two attached hydrogens (primary N) is 1. The molecule has 1 aliphatic rings. The first kappa shape index (κ1) is 9.81. The van der Waals surface area contributed by atoms with Crippen LogP contribution in [0, 0.1) is 0 Å². The molecule has 14 heavy (non-hydrogen) atoms. The Hall–Kier alpha value is -0.730. The zero-order valence-electron chi connectivity index (χ0n) is 8.00. The van der Waals surface area contributed by atoms with Crippen LogP contribution in [0.25, 0.3) is 0 Å². The standard InChI is InChI=1S/C11H14ClNO/c12-5-3-10(13)8-1-2-11-9(7-8)4-6-14-11/h1-2,7,10H,3-6,13H2. The summed E-state index contributed by atoms with van der Waals surface area (Å²) in [6, 6.07) is 6.23. The maximum Gasteiger partial charge on any atom is 0.122 e. The molecule has 0 aliphatic carbocycles. The minimum Gasteiger partial charge on any atom is -0.493 e. The van der Waals surface area contributed by atoms with Gasteiger partial charge in [-0.1, -0.05) is 12.1 Å². The Bertz CT molecular complexity index is 327. The average Bonchev–Trinajstić information content (AvgIpc) is 2.64. The Morgan fingerprint density at radius 2 is 2.36 bits per heavy atom. The lowest BCUT2D eigenvalue weighted by Gasteiger charge is -2.11. The first-order chi connectivity index (χ1) is 6.81. The van der Waals surface area contributed by atoms with E-state index in [0.29, 0.717) is 5.88 Å². The molecule has 76 valence electrons. The van der Waals surface area contributed by atoms with E-state index in [-0.39, 0.29) is 6.04 Å². The molecule has 1 atom stereocenters. The number of benzene rings is 1. The number of hydrogen-bond acceptors (Lipinski definition) is 2. The molecule has 2 N–H and O–H groups in total. The fourth-order valence-electron chi connectivity index (χ4n) is 1.72. The number of hydrogen-bond donors (Lipinski definition) is 1. The van der Waals surface area contributed by atoms with E-state index in [1.54, 1.807) is 0 Å². The monoisotopic (exact) mass is 211 g/mol. The second kappa shape index (κ2) is 4.20. The number of rotatable bonds is 3. The maximum absolute atomic E-state index is 5.97. The van der Waals surface area contributed by atoms with Gasteiger partial charge in [0, 0.05) is 18.3 Å². The first-order valence-corrected chi connectivity index (χ1v) is 5.42. The Kier molecular flexibility index (Phi) is 2.94. The van der Waals surface area contributed by atoms with Gasteiger partial charge in [-0.3, -0.25) is 0 Å². The largest absolute Gasteiger partial charge is 0.493 e. The molecular formula is C11H14ClNO. The molecule has 0 saturated carbocycles. The summed E-state index contributed by atoms with van der Waals surface area (Å²) >= 11 is 5.66. The van der Waals surface area contributed by atoms with Gasteiger partial charge in [0.2, 0.25) is 0 Å². The van der Waals surface area contributed by atoms with Crippen molar-refractivity contribution in [2.45, 2.75) is 18.9 Å². The van der Waals surface area contributed by atoms with Crippen LogP contribution < -0.4 is 10.5 Å². The summed E-state index contributed by atoms with van der Waals surface area (Å²) in [7, 11) is 0. The smallest absolute Gasteiger partial charge is 0.122 e. The average molecular weight is 212 g/mol. The molecule has 1 heterocycles. The molecule has 1 unspecified atom stereocenters. The highest BCUT2D eigenvalue weighted by molar-refractivity contribution is 6.17. The molecule has 0 aromatic heterocycles. The van der Waals surface area contributed by atoms with Gasteiger partial charge in [0.15, 0.2) is 0 Å². The van der Waals surface area contributed by atoms with E-state index < -0.39 is 0 Å². The number of fused-ring (bicyclic) bond motifs is 1. The second-order valence-corrected chi connectivity index (χ2v) is 3.93. The van der Waals surface area contributed by atoms with E-state index in [9.17, 15) is 0 Å². The van der Waals surface area contributed by atoms with Crippen LogP contribution in [-0.2, 0) is 6.42 Å². The molecule has 2 nitrogen and oxygen atoms in total. The molecule has 0 saturated heterocycles. The molecule has 2 rings (SSSR count). The van der Waals surface area contributed by atoms with Crippen molar-refractivity contribution in [2.24, 2.45) is 5.73 Å². The van der Waals surface area contributed by atoms with Crippen molar-refractivity contribution in [3.8, 4) is 5.75 Å². The number of ether oxygens (including phenoxy) is 1. The van der Waals surface area contributed by atoms with Crippen LogP contribution in [0.4, 0.5) is 0 Å². The normalized spacial score (nSPS) is 16.1. The van der Waals surface area contributed by atoms with Crippen molar-refractivity contribution >= 4 is 11.6 Å². The molecule has 1 aromatic rings. The Labute approximate surface area is 89.0 Å². The highest BCUT2D eigenvalue weighted by Crippen LogP contribution is 2.28. The van der Waals surface area contributed by atoms with Crippen LogP contribution in [-0.4, -0.2) is 12.5 Å². The molecule has 0 bridgehead atoms. The zero-order chi connectivity index (χ0) is 9.97. The van der Waals surface area contributed by atoms with E-state index in [0.717, 1.165) is 30.8 Å². The van der Waals surface area contributed by atoms with Gasteiger partial charge in [0.1, 0.15) is 5.75 Å². The summed E-state index contributed by atoms with van der Waals surface area (Å²) in [6.45, 7) is 0.795. The summed E-state index contributed by atoms with van der Waals surface area (Å²) in [6.07, 6.45) is 1.82. The van der Waals surface area contributed by atoms with Crippen molar-refractivity contribution in [1.82, 2.24) is 0 Å². The molecule has 0 radical (unpaired) electrons. The lowest BCUT2D eigenvalue weighted by atomic mass is 10.0. The highest BCUT2D eigenvalue weighted by Gasteiger charge is 2.14. The Balaban J connectivity index is 2.19. The summed E-state index contributed by atoms with van der Waals surface area (Å²) in [5.74, 6) is 1.61. The topological polar surface area (TPSA) is 35.2 Å². The fourth-order valence-corrected chi connectivity index (χ4v) is 1.96. The first-order valence-electron chi connectivity index (χ1n) is 4.88. The predicted octanol–water partition coefficient (Wildman–Crippen LogP) is 2.25. The molecular weight excluding hydrogens is 198 g/mol. The van der Waals surface area contributed by atoms with Crippen LogP contribution >= 0.6 is 11.6 Å². The van der Waals surface area contributed by atoms with Crippen molar-refractivity contribution < 1.29 is 4.74 Å². The summed E-state index contributed by atoms with van der Waals surface area (Å²) in [5, 5.41) is 0. The van der Waals surface area contributed by atoms with E-state index in [2.05, 4.69) is 6.07 Å². The van der Waals surface area contributed by atoms with Gasteiger partial charge in [-0.15, -0.1) is 11.6 Å². The fraction of sp³-hybridized carbons (Fsp3) is 0.455. The number of alkyl halides is 1. The van der Waals surface area contributed by atoms with Gasteiger partial charge in [-0.2, -0.15) is 0 Å². The van der Waals surface area contributed by atoms with Crippen molar-refractivity contribution in [3.63, 3.8) is 0 Å². The maximum atomic E-state index is 5.97. The quantitative estimate of drug-likeness (QED) is 0.779. The van der Waals surface area contributed by atoms with Crippen molar-refractivity contribution in [3.05, 3.63) is 29.3 Å². The minimum absolute atomic E-state index is 0.0541. The molecule has 0 amide bonds. The molecule has 0 spiro atoms. The Morgan fingerprint density at radius 1 is 1.50 bits per heavy atom. The highest BCUT2D eigenvalue weighted by atomic mass is 35.5. The second-order valence-electron chi connectivity index (χ2n) is 3.55. The van der Waals surface area contributed by atoms with E-state index in [1.165, 1.54) is 5.56 Å². The summed E-state index contributed by atoms with van der Waals surface area (Å²) < 4.78 is 5.43. The SMILES string of the molecule is NC(CCCl)c1ccc2c(c1)CCO2. The van der Waals surface area contributed by atoms with Gasteiger partial charge < -0.3 is 10.5 Å². The third-order valence-corrected chi connectivity index (χ3v) is 2.78. The van der Waals surface area contributed by atoms with Gasteiger partial charge in [-0.25, -0.2) is 0 Å². The van der Waals surface area contributed by atoms with Gasteiger partial charge in [0.25, 0.3) is 0 Å². The van der Waals surface area contributed by atoms with Crippen LogP contribution in [0.5, 0.6) is 5.75 Å². The van der Waals surface area contributed by atoms with E-state index >= 15 is 0 Å². The lowest BCUT2D eigenvalue weighted by Crippen LogP contribution is -2.10. The molecule has 1 aromatic carbocycles. The summed E-state index contributed by atoms with van der Waals surface area (Å²) in [5.41, 5.74) is 8.41. The third-order valence-electron chi connectivity index (χ3n) is 2.56. The van der Waals surface area contributed by atoms with Crippen LogP contribution in [0.2, 0.25) is 0 Å². The molecule has 0 fully saturated rings. The van der Waals surface area contributed by atoms with Crippen molar-refractivity contribution in [1.29, 1.82) is 0 Å². The van der Waals surface area contributed by atoms with E-state index in [1.807, 2.05) is 12.1 Å². The van der Waals surface area contributed by atoms with Crippen LogP contribution in [0.1, 0.15) is 23.6 Å². The van der Waals surface area contributed by atoms with Crippen molar-refractivity contribution in [2.75, 3.05) is 12.5 Å². The van der Waals surface area contributed by atoms with Gasteiger partial charge >= 0.3 is 0 Å².